The Morgan fingerprint density at radius 1 is 1.26 bits per heavy atom. The summed E-state index contributed by atoms with van der Waals surface area (Å²) in [6.45, 7) is 6.42. The molecule has 0 aromatic carbocycles. The molecule has 2 aliphatic rings. The van der Waals surface area contributed by atoms with E-state index in [-0.39, 0.29) is 23.9 Å². The number of likely N-dealkylation sites (tertiary alicyclic amines) is 1. The molecular weight excluding hydrogens is 240 g/mol. The van der Waals surface area contributed by atoms with Gasteiger partial charge in [-0.25, -0.2) is 0 Å². The van der Waals surface area contributed by atoms with Crippen molar-refractivity contribution in [1.29, 1.82) is 0 Å². The molecule has 0 aromatic heterocycles. The number of rotatable bonds is 5. The number of carbonyl (C=O) groups is 2. The van der Waals surface area contributed by atoms with E-state index in [0.29, 0.717) is 18.4 Å². The van der Waals surface area contributed by atoms with Crippen LogP contribution in [0, 0.1) is 5.92 Å². The normalized spacial score (nSPS) is 26.7. The van der Waals surface area contributed by atoms with Gasteiger partial charge in [0.25, 0.3) is 0 Å². The number of nitrogens with zero attached hydrogens (tertiary/aromatic N) is 1. The average molecular weight is 266 g/mol. The molecule has 1 heterocycles. The Kier molecular flexibility index (Phi) is 4.61. The maximum atomic E-state index is 12.4. The van der Waals surface area contributed by atoms with E-state index in [9.17, 15) is 9.59 Å². The number of imide groups is 1. The van der Waals surface area contributed by atoms with Gasteiger partial charge in [0.05, 0.1) is 12.5 Å². The summed E-state index contributed by atoms with van der Waals surface area (Å²) in [6.07, 6.45) is 5.60. The minimum atomic E-state index is -0.291. The molecule has 1 saturated carbocycles. The van der Waals surface area contributed by atoms with Gasteiger partial charge in [0.2, 0.25) is 11.8 Å². The number of hydrogen-bond donors (Lipinski definition) is 1. The van der Waals surface area contributed by atoms with Gasteiger partial charge < -0.3 is 5.32 Å². The summed E-state index contributed by atoms with van der Waals surface area (Å²) in [5.74, 6) is 0.512. The summed E-state index contributed by atoms with van der Waals surface area (Å²) in [4.78, 5) is 26.1. The van der Waals surface area contributed by atoms with Crippen molar-refractivity contribution in [2.45, 2.75) is 77.4 Å². The molecular formula is C15H26N2O2. The van der Waals surface area contributed by atoms with Crippen LogP contribution in [0.2, 0.25) is 0 Å². The van der Waals surface area contributed by atoms with E-state index in [2.05, 4.69) is 26.1 Å². The van der Waals surface area contributed by atoms with Gasteiger partial charge in [0, 0.05) is 12.1 Å². The van der Waals surface area contributed by atoms with Gasteiger partial charge in [-0.15, -0.1) is 0 Å². The molecule has 2 atom stereocenters. The average Bonchev–Trinajstić information content (AvgIpc) is 2.95. The lowest BCUT2D eigenvalue weighted by atomic mass is 10.0. The molecule has 2 amide bonds. The standard InChI is InChI=1S/C15H26N2O2/c1-4-12(10(2)3)16-13-9-14(18)17(15(13)19)11-7-5-6-8-11/h10-13,16H,4-9H2,1-3H3. The fourth-order valence-electron chi connectivity index (χ4n) is 3.37. The van der Waals surface area contributed by atoms with Crippen LogP contribution < -0.4 is 5.32 Å². The van der Waals surface area contributed by atoms with Crippen LogP contribution in [0.1, 0.15) is 59.3 Å². The van der Waals surface area contributed by atoms with Gasteiger partial charge in [-0.05, 0) is 25.2 Å². The van der Waals surface area contributed by atoms with Gasteiger partial charge >= 0.3 is 0 Å². The molecule has 1 aliphatic carbocycles. The van der Waals surface area contributed by atoms with E-state index in [1.54, 1.807) is 4.90 Å². The molecule has 0 radical (unpaired) electrons. The lowest BCUT2D eigenvalue weighted by Gasteiger charge is -2.25. The molecule has 2 unspecified atom stereocenters. The highest BCUT2D eigenvalue weighted by atomic mass is 16.2. The lowest BCUT2D eigenvalue weighted by Crippen LogP contribution is -2.47. The van der Waals surface area contributed by atoms with Crippen molar-refractivity contribution < 1.29 is 9.59 Å². The van der Waals surface area contributed by atoms with Crippen molar-refractivity contribution in [3.05, 3.63) is 0 Å². The van der Waals surface area contributed by atoms with Crippen LogP contribution in [0.4, 0.5) is 0 Å². The summed E-state index contributed by atoms with van der Waals surface area (Å²) in [5, 5.41) is 3.39. The zero-order chi connectivity index (χ0) is 14.0. The Morgan fingerprint density at radius 3 is 2.42 bits per heavy atom. The predicted molar refractivity (Wildman–Crippen MR) is 74.6 cm³/mol. The smallest absolute Gasteiger partial charge is 0.247 e. The SMILES string of the molecule is CCC(NC1CC(=O)N(C2CCCC2)C1=O)C(C)C. The third kappa shape index (κ3) is 2.99. The van der Waals surface area contributed by atoms with Gasteiger partial charge in [-0.1, -0.05) is 33.6 Å². The van der Waals surface area contributed by atoms with Crippen molar-refractivity contribution in [2.24, 2.45) is 5.92 Å². The van der Waals surface area contributed by atoms with Crippen molar-refractivity contribution in [3.8, 4) is 0 Å². The van der Waals surface area contributed by atoms with E-state index in [1.807, 2.05) is 0 Å². The second-order valence-corrected chi connectivity index (χ2v) is 6.22. The number of amides is 2. The first-order chi connectivity index (χ1) is 9.04. The number of carbonyl (C=O) groups excluding carboxylic acids is 2. The van der Waals surface area contributed by atoms with Crippen LogP contribution in [0.3, 0.4) is 0 Å². The second-order valence-electron chi connectivity index (χ2n) is 6.22. The fourth-order valence-corrected chi connectivity index (χ4v) is 3.37. The van der Waals surface area contributed by atoms with E-state index < -0.39 is 0 Å². The van der Waals surface area contributed by atoms with Crippen molar-refractivity contribution in [3.63, 3.8) is 0 Å². The topological polar surface area (TPSA) is 49.4 Å². The monoisotopic (exact) mass is 266 g/mol. The van der Waals surface area contributed by atoms with Crippen LogP contribution in [0.25, 0.3) is 0 Å². The Morgan fingerprint density at radius 2 is 1.89 bits per heavy atom. The van der Waals surface area contributed by atoms with Gasteiger partial charge in [-0.2, -0.15) is 0 Å². The maximum Gasteiger partial charge on any atom is 0.247 e. The largest absolute Gasteiger partial charge is 0.302 e. The molecule has 1 N–H and O–H groups in total. The summed E-state index contributed by atoms with van der Waals surface area (Å²) in [5.41, 5.74) is 0. The lowest BCUT2D eigenvalue weighted by molar-refractivity contribution is -0.141. The van der Waals surface area contributed by atoms with Crippen molar-refractivity contribution in [1.82, 2.24) is 10.2 Å². The van der Waals surface area contributed by atoms with Crippen LogP contribution in [-0.2, 0) is 9.59 Å². The molecule has 1 saturated heterocycles. The molecule has 4 heteroatoms. The predicted octanol–water partition coefficient (Wildman–Crippen LogP) is 2.08. The number of hydrogen-bond acceptors (Lipinski definition) is 3. The Balaban J connectivity index is 2.01. The molecule has 0 bridgehead atoms. The van der Waals surface area contributed by atoms with Crippen LogP contribution >= 0.6 is 0 Å². The third-order valence-corrected chi connectivity index (χ3v) is 4.53. The Hall–Kier alpha value is -0.900. The quantitative estimate of drug-likeness (QED) is 0.775. The Labute approximate surface area is 115 Å². The highest BCUT2D eigenvalue weighted by Gasteiger charge is 2.43. The van der Waals surface area contributed by atoms with Gasteiger partial charge in [0.1, 0.15) is 0 Å². The van der Waals surface area contributed by atoms with Crippen molar-refractivity contribution in [2.75, 3.05) is 0 Å². The third-order valence-electron chi connectivity index (χ3n) is 4.53. The van der Waals surface area contributed by atoms with Crippen molar-refractivity contribution >= 4 is 11.8 Å². The molecule has 4 nitrogen and oxygen atoms in total. The second kappa shape index (κ2) is 6.04. The molecule has 2 rings (SSSR count). The first kappa shape index (κ1) is 14.5. The minimum absolute atomic E-state index is 0.0102. The summed E-state index contributed by atoms with van der Waals surface area (Å²) >= 11 is 0. The zero-order valence-corrected chi connectivity index (χ0v) is 12.3. The first-order valence-electron chi connectivity index (χ1n) is 7.66. The minimum Gasteiger partial charge on any atom is -0.302 e. The number of nitrogens with one attached hydrogen (secondary N) is 1. The van der Waals surface area contributed by atoms with Crippen LogP contribution in [0.5, 0.6) is 0 Å². The molecule has 108 valence electrons. The summed E-state index contributed by atoms with van der Waals surface area (Å²) < 4.78 is 0. The molecule has 0 aromatic rings. The molecule has 2 fully saturated rings. The maximum absolute atomic E-state index is 12.4. The summed E-state index contributed by atoms with van der Waals surface area (Å²) in [6, 6.07) is 0.191. The highest BCUT2D eigenvalue weighted by molar-refractivity contribution is 6.05. The first-order valence-corrected chi connectivity index (χ1v) is 7.66. The molecule has 0 spiro atoms. The zero-order valence-electron chi connectivity index (χ0n) is 12.3. The van der Waals surface area contributed by atoms with E-state index >= 15 is 0 Å². The van der Waals surface area contributed by atoms with Gasteiger partial charge in [0.15, 0.2) is 0 Å². The van der Waals surface area contributed by atoms with Crippen LogP contribution in [-0.4, -0.2) is 34.8 Å². The summed E-state index contributed by atoms with van der Waals surface area (Å²) in [7, 11) is 0. The van der Waals surface area contributed by atoms with E-state index in [4.69, 9.17) is 0 Å². The molecule has 19 heavy (non-hydrogen) atoms. The van der Waals surface area contributed by atoms with E-state index in [1.165, 1.54) is 0 Å². The molecule has 1 aliphatic heterocycles. The van der Waals surface area contributed by atoms with E-state index in [0.717, 1.165) is 32.1 Å². The van der Waals surface area contributed by atoms with Gasteiger partial charge in [-0.3, -0.25) is 14.5 Å². The highest BCUT2D eigenvalue weighted by Crippen LogP contribution is 2.28. The van der Waals surface area contributed by atoms with Crippen LogP contribution in [0.15, 0.2) is 0 Å². The Bertz CT molecular complexity index is 348. The fraction of sp³-hybridized carbons (Fsp3) is 0.867.